The van der Waals surface area contributed by atoms with Crippen LogP contribution in [0, 0.1) is 0 Å². The molecule has 0 saturated carbocycles. The van der Waals surface area contributed by atoms with Gasteiger partial charge in [-0.1, -0.05) is 159 Å². The number of rotatable bonds is 36. The van der Waals surface area contributed by atoms with Crippen molar-refractivity contribution >= 4 is 5.97 Å². The molecule has 1 N–H and O–H groups in total. The third kappa shape index (κ3) is 36.8. The Hall–Kier alpha value is -1.65. The van der Waals surface area contributed by atoms with Crippen molar-refractivity contribution in [3.05, 3.63) is 48.6 Å². The van der Waals surface area contributed by atoms with Gasteiger partial charge in [-0.05, 0) is 70.6 Å². The van der Waals surface area contributed by atoms with Crippen molar-refractivity contribution in [2.75, 3.05) is 19.8 Å². The minimum atomic E-state index is -0.542. The second-order valence-corrected chi connectivity index (χ2v) is 13.0. The molecule has 0 aliphatic heterocycles. The van der Waals surface area contributed by atoms with Crippen LogP contribution >= 0.6 is 0 Å². The van der Waals surface area contributed by atoms with Gasteiger partial charge < -0.3 is 14.6 Å². The van der Waals surface area contributed by atoms with Crippen LogP contribution in [0.3, 0.4) is 0 Å². The molecule has 4 nitrogen and oxygen atoms in total. The Morgan fingerprint density at radius 2 is 0.935 bits per heavy atom. The van der Waals surface area contributed by atoms with Crippen LogP contribution in [0.15, 0.2) is 48.6 Å². The minimum Gasteiger partial charge on any atom is -0.457 e. The zero-order valence-electron chi connectivity index (χ0n) is 30.6. The molecule has 46 heavy (non-hydrogen) atoms. The fraction of sp³-hybridized carbons (Fsp3) is 0.786. The predicted octanol–water partition coefficient (Wildman–Crippen LogP) is 12.7. The van der Waals surface area contributed by atoms with Crippen LogP contribution in [0.25, 0.3) is 0 Å². The normalized spacial score (nSPS) is 12.8. The van der Waals surface area contributed by atoms with Crippen LogP contribution in [0.2, 0.25) is 0 Å². The van der Waals surface area contributed by atoms with E-state index in [-0.39, 0.29) is 19.2 Å². The summed E-state index contributed by atoms with van der Waals surface area (Å²) in [6, 6.07) is 0. The van der Waals surface area contributed by atoms with Crippen molar-refractivity contribution in [3.63, 3.8) is 0 Å². The summed E-state index contributed by atoms with van der Waals surface area (Å²) in [7, 11) is 0. The molecule has 0 bridgehead atoms. The van der Waals surface area contributed by atoms with E-state index in [0.29, 0.717) is 13.0 Å². The van der Waals surface area contributed by atoms with Gasteiger partial charge in [0.15, 0.2) is 0 Å². The number of carbonyl (C=O) groups is 1. The Morgan fingerprint density at radius 3 is 1.41 bits per heavy atom. The van der Waals surface area contributed by atoms with Gasteiger partial charge in [0.2, 0.25) is 0 Å². The fourth-order valence-corrected chi connectivity index (χ4v) is 5.37. The number of hydrogen-bond acceptors (Lipinski definition) is 4. The number of esters is 1. The first kappa shape index (κ1) is 44.4. The lowest BCUT2D eigenvalue weighted by molar-refractivity contribution is -0.154. The second-order valence-electron chi connectivity index (χ2n) is 13.0. The minimum absolute atomic E-state index is 0.178. The van der Waals surface area contributed by atoms with E-state index in [1.54, 1.807) is 0 Å². The molecule has 0 rings (SSSR count). The zero-order valence-corrected chi connectivity index (χ0v) is 30.6. The van der Waals surface area contributed by atoms with Crippen LogP contribution in [-0.2, 0) is 14.3 Å². The van der Waals surface area contributed by atoms with E-state index >= 15 is 0 Å². The van der Waals surface area contributed by atoms with Crippen molar-refractivity contribution in [1.82, 2.24) is 0 Å². The molecule has 0 amide bonds. The van der Waals surface area contributed by atoms with Crippen molar-refractivity contribution in [2.45, 2.75) is 193 Å². The average molecular weight is 645 g/mol. The molecule has 1 unspecified atom stereocenters. The van der Waals surface area contributed by atoms with E-state index in [1.807, 2.05) is 0 Å². The van der Waals surface area contributed by atoms with Gasteiger partial charge in [0, 0.05) is 13.0 Å². The van der Waals surface area contributed by atoms with E-state index in [2.05, 4.69) is 62.5 Å². The quantitative estimate of drug-likeness (QED) is 0.0419. The van der Waals surface area contributed by atoms with Crippen LogP contribution in [-0.4, -0.2) is 37.0 Å². The van der Waals surface area contributed by atoms with Crippen molar-refractivity contribution in [1.29, 1.82) is 0 Å². The largest absolute Gasteiger partial charge is 0.457 e. The lowest BCUT2D eigenvalue weighted by Gasteiger charge is -2.15. The maximum Gasteiger partial charge on any atom is 0.306 e. The number of aliphatic hydroxyl groups is 1. The van der Waals surface area contributed by atoms with E-state index < -0.39 is 6.10 Å². The van der Waals surface area contributed by atoms with Gasteiger partial charge >= 0.3 is 5.97 Å². The highest BCUT2D eigenvalue weighted by Crippen LogP contribution is 2.13. The molecular formula is C42H76O4. The Balaban J connectivity index is 3.47. The average Bonchev–Trinajstić information content (AvgIpc) is 3.06. The summed E-state index contributed by atoms with van der Waals surface area (Å²) < 4.78 is 11.1. The topological polar surface area (TPSA) is 55.8 Å². The molecule has 0 fully saturated rings. The molecule has 0 heterocycles. The first-order valence-corrected chi connectivity index (χ1v) is 19.7. The van der Waals surface area contributed by atoms with E-state index in [1.165, 1.54) is 128 Å². The van der Waals surface area contributed by atoms with Crippen molar-refractivity contribution in [3.8, 4) is 0 Å². The third-order valence-electron chi connectivity index (χ3n) is 8.38. The summed E-state index contributed by atoms with van der Waals surface area (Å²) in [5, 5.41) is 9.57. The maximum atomic E-state index is 12.2. The highest BCUT2D eigenvalue weighted by molar-refractivity contribution is 5.69. The van der Waals surface area contributed by atoms with E-state index in [4.69, 9.17) is 9.47 Å². The maximum absolute atomic E-state index is 12.2. The third-order valence-corrected chi connectivity index (χ3v) is 8.38. The Labute approximate surface area is 286 Å². The van der Waals surface area contributed by atoms with Gasteiger partial charge in [-0.3, -0.25) is 4.79 Å². The summed E-state index contributed by atoms with van der Waals surface area (Å²) in [6.07, 6.45) is 50.1. The SMILES string of the molecule is CCCC/C=C\C/C=C\CCCCCCCCOCC(CO)OC(=O)CCCCCCCCCCC/C=C\C/C=C\CCCCC. The van der Waals surface area contributed by atoms with Crippen LogP contribution in [0.5, 0.6) is 0 Å². The fourth-order valence-electron chi connectivity index (χ4n) is 5.37. The van der Waals surface area contributed by atoms with Gasteiger partial charge in [0.1, 0.15) is 6.10 Å². The van der Waals surface area contributed by atoms with Gasteiger partial charge in [0.25, 0.3) is 0 Å². The molecule has 0 spiro atoms. The van der Waals surface area contributed by atoms with E-state index in [9.17, 15) is 9.90 Å². The number of unbranched alkanes of at least 4 members (excludes halogenated alkanes) is 20. The van der Waals surface area contributed by atoms with Crippen molar-refractivity contribution in [2.24, 2.45) is 0 Å². The number of hydrogen-bond donors (Lipinski definition) is 1. The Morgan fingerprint density at radius 1 is 0.522 bits per heavy atom. The lowest BCUT2D eigenvalue weighted by atomic mass is 10.1. The first-order valence-electron chi connectivity index (χ1n) is 19.7. The summed E-state index contributed by atoms with van der Waals surface area (Å²) >= 11 is 0. The van der Waals surface area contributed by atoms with Gasteiger partial charge in [0.05, 0.1) is 13.2 Å². The standard InChI is InChI=1S/C42H76O4/c1-3-5-7-9-11-13-15-17-19-20-21-22-23-25-27-29-31-33-35-37-42(44)46-41(39-43)40-45-38-36-34-32-30-28-26-24-18-16-14-12-10-8-6-4-2/h10-13,16-19,41,43H,3-9,14-15,20-40H2,1-2H3/b12-10-,13-11-,18-16-,19-17-. The molecule has 0 radical (unpaired) electrons. The molecule has 0 aromatic heterocycles. The number of allylic oxidation sites excluding steroid dienone is 8. The van der Waals surface area contributed by atoms with Gasteiger partial charge in [-0.15, -0.1) is 0 Å². The molecular weight excluding hydrogens is 568 g/mol. The molecule has 4 heteroatoms. The van der Waals surface area contributed by atoms with E-state index in [0.717, 1.165) is 38.5 Å². The van der Waals surface area contributed by atoms with Crippen LogP contribution in [0.4, 0.5) is 0 Å². The molecule has 1 atom stereocenters. The van der Waals surface area contributed by atoms with Gasteiger partial charge in [-0.2, -0.15) is 0 Å². The second kappa shape index (κ2) is 39.5. The number of carbonyl (C=O) groups excluding carboxylic acids is 1. The predicted molar refractivity (Wildman–Crippen MR) is 200 cm³/mol. The molecule has 0 saturated heterocycles. The number of ether oxygens (including phenoxy) is 2. The Bertz CT molecular complexity index is 723. The van der Waals surface area contributed by atoms with Crippen LogP contribution < -0.4 is 0 Å². The summed E-state index contributed by atoms with van der Waals surface area (Å²) in [5.41, 5.74) is 0. The van der Waals surface area contributed by atoms with Gasteiger partial charge in [-0.25, -0.2) is 0 Å². The van der Waals surface area contributed by atoms with Crippen LogP contribution in [0.1, 0.15) is 187 Å². The highest BCUT2D eigenvalue weighted by Gasteiger charge is 2.13. The molecule has 268 valence electrons. The molecule has 0 aromatic carbocycles. The smallest absolute Gasteiger partial charge is 0.306 e. The summed E-state index contributed by atoms with van der Waals surface area (Å²) in [4.78, 5) is 12.2. The zero-order chi connectivity index (χ0) is 33.4. The summed E-state index contributed by atoms with van der Waals surface area (Å²) in [5.74, 6) is -0.210. The Kier molecular flexibility index (Phi) is 38.1. The van der Waals surface area contributed by atoms with Crippen molar-refractivity contribution < 1.29 is 19.4 Å². The molecule has 0 aliphatic carbocycles. The lowest BCUT2D eigenvalue weighted by Crippen LogP contribution is -2.27. The summed E-state index contributed by atoms with van der Waals surface area (Å²) in [6.45, 7) is 5.26. The monoisotopic (exact) mass is 645 g/mol. The molecule has 0 aromatic rings. The highest BCUT2D eigenvalue weighted by atomic mass is 16.6. The molecule has 0 aliphatic rings. The first-order chi connectivity index (χ1) is 22.7. The number of aliphatic hydroxyl groups excluding tert-OH is 1.